The molecule has 1 fully saturated rings. The summed E-state index contributed by atoms with van der Waals surface area (Å²) in [6, 6.07) is 16.9. The first-order valence-electron chi connectivity index (χ1n) is 11.0. The normalized spacial score (nSPS) is 15.6. The molecule has 3 aromatic rings. The van der Waals surface area contributed by atoms with E-state index in [0.717, 1.165) is 48.9 Å². The first kappa shape index (κ1) is 23.9. The van der Waals surface area contributed by atoms with Gasteiger partial charge < -0.3 is 4.90 Å². The number of nitrogens with zero attached hydrogens (tertiary/aromatic N) is 3. The summed E-state index contributed by atoms with van der Waals surface area (Å²) in [5, 5.41) is 8.64. The number of carbonyl (C=O) groups is 1. The van der Waals surface area contributed by atoms with Gasteiger partial charge in [-0.25, -0.2) is 17.9 Å². The molecule has 0 saturated carbocycles. The molecular weight excluding hydrogens is 452 g/mol. The van der Waals surface area contributed by atoms with Gasteiger partial charge in [0.1, 0.15) is 0 Å². The number of amides is 1. The summed E-state index contributed by atoms with van der Waals surface area (Å²) in [7, 11) is -1.80. The number of hydroxylamine groups is 1. The second kappa shape index (κ2) is 10.4. The van der Waals surface area contributed by atoms with E-state index in [2.05, 4.69) is 16.8 Å². The van der Waals surface area contributed by atoms with E-state index >= 15 is 0 Å². The summed E-state index contributed by atoms with van der Waals surface area (Å²) in [4.78, 5) is 16.0. The molecule has 0 unspecified atom stereocenters. The number of aromatic nitrogens is 1. The number of rotatable bonds is 7. The van der Waals surface area contributed by atoms with Crippen LogP contribution in [-0.4, -0.2) is 66.5 Å². The Kier molecular flexibility index (Phi) is 7.28. The number of hydrogen-bond acceptors (Lipinski definition) is 6. The Hall–Kier alpha value is -3.24. The fraction of sp³-hybridized carbons (Fsp3) is 0.240. The molecular formula is C25H28N4O4S. The second-order valence-corrected chi connectivity index (χ2v) is 10.2. The molecule has 178 valence electrons. The van der Waals surface area contributed by atoms with Gasteiger partial charge in [0.05, 0.1) is 4.90 Å². The lowest BCUT2D eigenvalue weighted by Gasteiger charge is -2.32. The Bertz CT molecular complexity index is 1280. The maximum absolute atomic E-state index is 13.7. The fourth-order valence-electron chi connectivity index (χ4n) is 3.95. The van der Waals surface area contributed by atoms with Crippen LogP contribution in [-0.2, 0) is 21.4 Å². The van der Waals surface area contributed by atoms with Crippen LogP contribution in [0.25, 0.3) is 17.2 Å². The predicted octanol–water partition coefficient (Wildman–Crippen LogP) is 2.66. The molecule has 1 amide bonds. The van der Waals surface area contributed by atoms with Crippen LogP contribution >= 0.6 is 0 Å². The molecule has 1 aliphatic rings. The smallest absolute Gasteiger partial charge is 0.267 e. The first-order valence-corrected chi connectivity index (χ1v) is 12.5. The summed E-state index contributed by atoms with van der Waals surface area (Å²) in [6.07, 6.45) is 5.47. The Morgan fingerprint density at radius 3 is 2.47 bits per heavy atom. The van der Waals surface area contributed by atoms with Crippen LogP contribution in [0.3, 0.4) is 0 Å². The van der Waals surface area contributed by atoms with Crippen molar-refractivity contribution in [3.63, 3.8) is 0 Å². The average molecular weight is 481 g/mol. The third kappa shape index (κ3) is 5.45. The zero-order chi connectivity index (χ0) is 24.1. The lowest BCUT2D eigenvalue weighted by atomic mass is 10.0. The van der Waals surface area contributed by atoms with Crippen LogP contribution < -0.4 is 5.48 Å². The van der Waals surface area contributed by atoms with Crippen molar-refractivity contribution >= 4 is 22.0 Å². The first-order chi connectivity index (χ1) is 16.4. The van der Waals surface area contributed by atoms with Crippen molar-refractivity contribution in [3.05, 3.63) is 84.2 Å². The molecule has 0 bridgehead atoms. The molecule has 2 N–H and O–H groups in total. The average Bonchev–Trinajstić information content (AvgIpc) is 3.35. The molecule has 2 heterocycles. The molecule has 34 heavy (non-hydrogen) atoms. The highest BCUT2D eigenvalue weighted by Crippen LogP contribution is 2.28. The van der Waals surface area contributed by atoms with Gasteiger partial charge in [0.2, 0.25) is 0 Å². The Balaban J connectivity index is 1.71. The molecule has 8 nitrogen and oxygen atoms in total. The van der Waals surface area contributed by atoms with E-state index in [1.54, 1.807) is 12.1 Å². The van der Waals surface area contributed by atoms with Crippen molar-refractivity contribution in [1.82, 2.24) is 19.3 Å². The van der Waals surface area contributed by atoms with E-state index in [0.29, 0.717) is 12.1 Å². The van der Waals surface area contributed by atoms with Gasteiger partial charge >= 0.3 is 0 Å². The summed E-state index contributed by atoms with van der Waals surface area (Å²) in [5.74, 6) is -0.694. The number of piperazine rings is 1. The second-order valence-electron chi connectivity index (χ2n) is 8.36. The predicted molar refractivity (Wildman–Crippen MR) is 131 cm³/mol. The van der Waals surface area contributed by atoms with Crippen molar-refractivity contribution in [2.75, 3.05) is 33.2 Å². The Labute approximate surface area is 199 Å². The standard InChI is InChI=1S/C25H28N4O4S/c1-27-13-15-28(16-14-27)19-23-9-8-22(21-5-3-2-4-6-21)17-24(23)34(32,33)29-12-11-20(18-29)7-10-25(30)26-31/h2-12,17-18,31H,13-16,19H2,1H3,(H,26,30)/b10-7+. The van der Waals surface area contributed by atoms with Crippen LogP contribution in [0.15, 0.2) is 78.0 Å². The van der Waals surface area contributed by atoms with Gasteiger partial charge in [-0.05, 0) is 47.5 Å². The minimum Gasteiger partial charge on any atom is -0.304 e. The van der Waals surface area contributed by atoms with Crippen LogP contribution in [0, 0.1) is 0 Å². The molecule has 1 saturated heterocycles. The van der Waals surface area contributed by atoms with Gasteiger partial charge in [-0.15, -0.1) is 0 Å². The lowest BCUT2D eigenvalue weighted by molar-refractivity contribution is -0.124. The van der Waals surface area contributed by atoms with Crippen LogP contribution in [0.1, 0.15) is 11.1 Å². The molecule has 0 radical (unpaired) electrons. The highest BCUT2D eigenvalue weighted by Gasteiger charge is 2.24. The van der Waals surface area contributed by atoms with E-state index in [-0.39, 0.29) is 4.90 Å². The highest BCUT2D eigenvalue weighted by molar-refractivity contribution is 7.90. The molecule has 4 rings (SSSR count). The monoisotopic (exact) mass is 480 g/mol. The summed E-state index contributed by atoms with van der Waals surface area (Å²) < 4.78 is 28.6. The highest BCUT2D eigenvalue weighted by atomic mass is 32.2. The van der Waals surface area contributed by atoms with Gasteiger partial charge in [0.25, 0.3) is 15.9 Å². The van der Waals surface area contributed by atoms with Gasteiger partial charge in [0, 0.05) is 51.2 Å². The summed E-state index contributed by atoms with van der Waals surface area (Å²) >= 11 is 0. The fourth-order valence-corrected chi connectivity index (χ4v) is 5.39. The number of benzene rings is 2. The lowest BCUT2D eigenvalue weighted by Crippen LogP contribution is -2.44. The van der Waals surface area contributed by atoms with Gasteiger partial charge in [-0.2, -0.15) is 0 Å². The molecule has 0 aliphatic carbocycles. The van der Waals surface area contributed by atoms with Crippen molar-refractivity contribution < 1.29 is 18.4 Å². The van der Waals surface area contributed by atoms with Crippen LogP contribution in [0.5, 0.6) is 0 Å². The largest absolute Gasteiger partial charge is 0.304 e. The maximum atomic E-state index is 13.7. The number of nitrogens with one attached hydrogen (secondary N) is 1. The van der Waals surface area contributed by atoms with Crippen molar-refractivity contribution in [3.8, 4) is 11.1 Å². The Morgan fingerprint density at radius 1 is 1.03 bits per heavy atom. The van der Waals surface area contributed by atoms with E-state index in [9.17, 15) is 13.2 Å². The van der Waals surface area contributed by atoms with E-state index < -0.39 is 15.9 Å². The topological polar surface area (TPSA) is 94.9 Å². The van der Waals surface area contributed by atoms with Gasteiger partial charge in [-0.1, -0.05) is 42.5 Å². The summed E-state index contributed by atoms with van der Waals surface area (Å²) in [5.41, 5.74) is 4.54. The minimum absolute atomic E-state index is 0.256. The Morgan fingerprint density at radius 2 is 1.76 bits per heavy atom. The number of carbonyl (C=O) groups excluding carboxylic acids is 1. The zero-order valence-electron chi connectivity index (χ0n) is 19.0. The van der Waals surface area contributed by atoms with Crippen LogP contribution in [0.4, 0.5) is 0 Å². The van der Waals surface area contributed by atoms with Crippen molar-refractivity contribution in [1.29, 1.82) is 0 Å². The molecule has 2 aromatic carbocycles. The molecule has 9 heteroatoms. The number of hydrogen-bond donors (Lipinski definition) is 2. The molecule has 0 spiro atoms. The van der Waals surface area contributed by atoms with E-state index in [1.165, 1.54) is 27.9 Å². The quantitative estimate of drug-likeness (QED) is 0.307. The van der Waals surface area contributed by atoms with E-state index in [1.807, 2.05) is 42.5 Å². The van der Waals surface area contributed by atoms with Gasteiger partial charge in [-0.3, -0.25) is 14.9 Å². The summed E-state index contributed by atoms with van der Waals surface area (Å²) in [6.45, 7) is 4.18. The third-order valence-corrected chi connectivity index (χ3v) is 7.67. The maximum Gasteiger partial charge on any atom is 0.267 e. The van der Waals surface area contributed by atoms with Crippen LogP contribution in [0.2, 0.25) is 0 Å². The van der Waals surface area contributed by atoms with E-state index in [4.69, 9.17) is 5.21 Å². The minimum atomic E-state index is -3.89. The zero-order valence-corrected chi connectivity index (χ0v) is 19.8. The van der Waals surface area contributed by atoms with Crippen molar-refractivity contribution in [2.45, 2.75) is 11.4 Å². The SMILES string of the molecule is CN1CCN(Cc2ccc(-c3ccccc3)cc2S(=O)(=O)n2ccc(/C=C/C(=O)NO)c2)CC1. The molecule has 1 aromatic heterocycles. The van der Waals surface area contributed by atoms with Crippen molar-refractivity contribution in [2.24, 2.45) is 0 Å². The third-order valence-electron chi connectivity index (χ3n) is 5.95. The molecule has 1 aliphatic heterocycles. The molecule has 0 atom stereocenters. The van der Waals surface area contributed by atoms with Gasteiger partial charge in [0.15, 0.2) is 0 Å². The number of likely N-dealkylation sites (N-methyl/N-ethyl adjacent to an activating group) is 1.